The molecule has 0 bridgehead atoms. The van der Waals surface area contributed by atoms with E-state index in [1.54, 1.807) is 0 Å². The Balaban J connectivity index is 3.43. The lowest BCUT2D eigenvalue weighted by atomic mass is 10.2. The van der Waals surface area contributed by atoms with Crippen LogP contribution in [0.25, 0.3) is 0 Å². The number of nitro benzene ring substituents is 1. The number of nitro groups is 1. The zero-order chi connectivity index (χ0) is 10.0. The van der Waals surface area contributed by atoms with Gasteiger partial charge >= 0.3 is 5.69 Å². The lowest BCUT2D eigenvalue weighted by Gasteiger charge is -2.04. The molecular formula is C7H7ClN2O3. The van der Waals surface area contributed by atoms with E-state index in [-0.39, 0.29) is 22.1 Å². The van der Waals surface area contributed by atoms with E-state index < -0.39 is 4.92 Å². The van der Waals surface area contributed by atoms with Crippen molar-refractivity contribution < 1.29 is 9.66 Å². The van der Waals surface area contributed by atoms with Crippen molar-refractivity contribution in [2.45, 2.75) is 0 Å². The summed E-state index contributed by atoms with van der Waals surface area (Å²) in [4.78, 5) is 9.92. The number of benzene rings is 1. The van der Waals surface area contributed by atoms with Crippen LogP contribution in [0.15, 0.2) is 12.1 Å². The number of anilines is 1. The predicted octanol–water partition coefficient (Wildman–Crippen LogP) is 1.84. The largest absolute Gasteiger partial charge is 0.489 e. The van der Waals surface area contributed by atoms with Crippen molar-refractivity contribution in [3.8, 4) is 5.75 Å². The normalized spacial score (nSPS) is 9.69. The maximum atomic E-state index is 10.5. The maximum Gasteiger partial charge on any atom is 0.335 e. The maximum absolute atomic E-state index is 10.5. The Kier molecular flexibility index (Phi) is 2.57. The van der Waals surface area contributed by atoms with E-state index in [2.05, 4.69) is 0 Å². The molecule has 0 aliphatic carbocycles. The molecule has 0 saturated carbocycles. The van der Waals surface area contributed by atoms with Crippen LogP contribution in [0.2, 0.25) is 5.02 Å². The fourth-order valence-electron chi connectivity index (χ4n) is 0.944. The predicted molar refractivity (Wildman–Crippen MR) is 49.1 cm³/mol. The van der Waals surface area contributed by atoms with Crippen LogP contribution in [-0.2, 0) is 0 Å². The van der Waals surface area contributed by atoms with Crippen molar-refractivity contribution in [1.82, 2.24) is 0 Å². The summed E-state index contributed by atoms with van der Waals surface area (Å²) in [5.41, 5.74) is 5.12. The van der Waals surface area contributed by atoms with Crippen LogP contribution in [0, 0.1) is 10.1 Å². The molecule has 0 aliphatic heterocycles. The lowest BCUT2D eigenvalue weighted by molar-refractivity contribution is -0.384. The van der Waals surface area contributed by atoms with E-state index in [1.165, 1.54) is 19.2 Å². The van der Waals surface area contributed by atoms with Crippen LogP contribution >= 0.6 is 11.6 Å². The van der Waals surface area contributed by atoms with Crippen LogP contribution in [0.5, 0.6) is 5.75 Å². The van der Waals surface area contributed by atoms with Crippen LogP contribution in [0.4, 0.5) is 11.4 Å². The monoisotopic (exact) mass is 202 g/mol. The SMILES string of the molecule is COc1c(Cl)ccc(N)c1[N+](=O)[O-]. The quantitative estimate of drug-likeness (QED) is 0.451. The molecule has 6 heteroatoms. The molecule has 0 unspecified atom stereocenters. The van der Waals surface area contributed by atoms with Gasteiger partial charge in [-0.1, -0.05) is 11.6 Å². The van der Waals surface area contributed by atoms with Crippen molar-refractivity contribution >= 4 is 23.0 Å². The minimum atomic E-state index is -0.625. The summed E-state index contributed by atoms with van der Waals surface area (Å²) in [7, 11) is 1.30. The first kappa shape index (κ1) is 9.60. The molecule has 1 aromatic carbocycles. The van der Waals surface area contributed by atoms with Gasteiger partial charge in [-0.3, -0.25) is 10.1 Å². The van der Waals surface area contributed by atoms with Gasteiger partial charge in [-0.2, -0.15) is 0 Å². The average molecular weight is 203 g/mol. The Morgan fingerprint density at radius 2 is 2.23 bits per heavy atom. The number of hydrogen-bond donors (Lipinski definition) is 1. The number of methoxy groups -OCH3 is 1. The number of halogens is 1. The summed E-state index contributed by atoms with van der Waals surface area (Å²) >= 11 is 5.66. The third-order valence-corrected chi connectivity index (χ3v) is 1.80. The van der Waals surface area contributed by atoms with Gasteiger partial charge in [0.2, 0.25) is 5.75 Å². The number of nitrogens with zero attached hydrogens (tertiary/aromatic N) is 1. The summed E-state index contributed by atoms with van der Waals surface area (Å²) in [6, 6.07) is 2.81. The Morgan fingerprint density at radius 3 is 2.62 bits per heavy atom. The Hall–Kier alpha value is -1.49. The minimum absolute atomic E-state index is 0.00772. The molecule has 0 spiro atoms. The summed E-state index contributed by atoms with van der Waals surface area (Å²) in [5.74, 6) is -0.00772. The number of ether oxygens (including phenoxy) is 1. The molecule has 5 nitrogen and oxygen atoms in total. The van der Waals surface area contributed by atoms with Crippen LogP contribution in [-0.4, -0.2) is 12.0 Å². The average Bonchev–Trinajstić information content (AvgIpc) is 2.07. The Bertz CT molecular complexity index is 354. The third kappa shape index (κ3) is 1.65. The van der Waals surface area contributed by atoms with Crippen molar-refractivity contribution in [3.05, 3.63) is 27.3 Å². The second kappa shape index (κ2) is 3.49. The minimum Gasteiger partial charge on any atom is -0.489 e. The number of nitrogen functional groups attached to an aromatic ring is 1. The Labute approximate surface area is 79.2 Å². The van der Waals surface area contributed by atoms with Gasteiger partial charge in [-0.25, -0.2) is 0 Å². The van der Waals surface area contributed by atoms with Crippen molar-refractivity contribution in [2.75, 3.05) is 12.8 Å². The van der Waals surface area contributed by atoms with Crippen molar-refractivity contribution in [2.24, 2.45) is 0 Å². The molecule has 2 N–H and O–H groups in total. The molecule has 0 saturated heterocycles. The molecule has 0 heterocycles. The smallest absolute Gasteiger partial charge is 0.335 e. The summed E-state index contributed by atoms with van der Waals surface area (Å²) in [6.07, 6.45) is 0. The van der Waals surface area contributed by atoms with E-state index in [0.717, 1.165) is 0 Å². The van der Waals surface area contributed by atoms with Crippen LogP contribution in [0.3, 0.4) is 0 Å². The number of hydrogen-bond acceptors (Lipinski definition) is 4. The highest BCUT2D eigenvalue weighted by molar-refractivity contribution is 6.32. The van der Waals surface area contributed by atoms with Gasteiger partial charge in [0, 0.05) is 0 Å². The van der Waals surface area contributed by atoms with Gasteiger partial charge in [-0.05, 0) is 12.1 Å². The molecule has 0 radical (unpaired) electrons. The van der Waals surface area contributed by atoms with Crippen molar-refractivity contribution in [3.63, 3.8) is 0 Å². The molecule has 1 rings (SSSR count). The second-order valence-corrected chi connectivity index (χ2v) is 2.68. The topological polar surface area (TPSA) is 78.4 Å². The molecular weight excluding hydrogens is 196 g/mol. The summed E-state index contributed by atoms with van der Waals surface area (Å²) < 4.78 is 4.76. The zero-order valence-electron chi connectivity index (χ0n) is 6.78. The fourth-order valence-corrected chi connectivity index (χ4v) is 1.17. The molecule has 0 fully saturated rings. The van der Waals surface area contributed by atoms with Crippen LogP contribution < -0.4 is 10.5 Å². The van der Waals surface area contributed by atoms with E-state index in [9.17, 15) is 10.1 Å². The highest BCUT2D eigenvalue weighted by Crippen LogP contribution is 2.38. The fraction of sp³-hybridized carbons (Fsp3) is 0.143. The molecule has 1 aromatic rings. The molecule has 0 aliphatic rings. The standard InChI is InChI=1S/C7H7ClN2O3/c1-13-7-4(8)2-3-5(9)6(7)10(11)12/h2-3H,9H2,1H3. The lowest BCUT2D eigenvalue weighted by Crippen LogP contribution is -1.99. The van der Waals surface area contributed by atoms with E-state index in [0.29, 0.717) is 0 Å². The number of rotatable bonds is 2. The van der Waals surface area contributed by atoms with E-state index in [4.69, 9.17) is 22.1 Å². The van der Waals surface area contributed by atoms with Gasteiger partial charge in [0.25, 0.3) is 0 Å². The molecule has 13 heavy (non-hydrogen) atoms. The first-order chi connectivity index (χ1) is 6.07. The molecule has 0 atom stereocenters. The molecule has 0 aromatic heterocycles. The molecule has 70 valence electrons. The van der Waals surface area contributed by atoms with E-state index in [1.807, 2.05) is 0 Å². The third-order valence-electron chi connectivity index (χ3n) is 1.50. The van der Waals surface area contributed by atoms with Crippen LogP contribution in [0.1, 0.15) is 0 Å². The first-order valence-electron chi connectivity index (χ1n) is 3.34. The van der Waals surface area contributed by atoms with Gasteiger partial charge in [0.15, 0.2) is 0 Å². The van der Waals surface area contributed by atoms with E-state index >= 15 is 0 Å². The van der Waals surface area contributed by atoms with Gasteiger partial charge in [0.05, 0.1) is 17.1 Å². The van der Waals surface area contributed by atoms with Gasteiger partial charge < -0.3 is 10.5 Å². The number of nitrogens with two attached hydrogens (primary N) is 1. The highest BCUT2D eigenvalue weighted by atomic mass is 35.5. The van der Waals surface area contributed by atoms with Gasteiger partial charge in [0.1, 0.15) is 5.69 Å². The molecule has 0 amide bonds. The zero-order valence-corrected chi connectivity index (χ0v) is 7.54. The Morgan fingerprint density at radius 1 is 1.62 bits per heavy atom. The first-order valence-corrected chi connectivity index (χ1v) is 3.72. The second-order valence-electron chi connectivity index (χ2n) is 2.28. The van der Waals surface area contributed by atoms with Crippen molar-refractivity contribution in [1.29, 1.82) is 0 Å². The van der Waals surface area contributed by atoms with Gasteiger partial charge in [-0.15, -0.1) is 0 Å². The summed E-state index contributed by atoms with van der Waals surface area (Å²) in [6.45, 7) is 0. The summed E-state index contributed by atoms with van der Waals surface area (Å²) in [5, 5.41) is 10.7. The highest BCUT2D eigenvalue weighted by Gasteiger charge is 2.21.